The van der Waals surface area contributed by atoms with Gasteiger partial charge in [0.15, 0.2) is 0 Å². The summed E-state index contributed by atoms with van der Waals surface area (Å²) in [5.41, 5.74) is 0. The number of rotatable bonds is 0. The molecule has 0 aromatic rings. The van der Waals surface area contributed by atoms with E-state index in [-0.39, 0.29) is 5.92 Å². The molecule has 0 N–H and O–H groups in total. The minimum Gasteiger partial charge on any atom is -0.299 e. The molecule has 1 aliphatic rings. The van der Waals surface area contributed by atoms with Gasteiger partial charge in [-0.05, 0) is 25.7 Å². The van der Waals surface area contributed by atoms with Gasteiger partial charge in [0.05, 0.1) is 0 Å². The highest BCUT2D eigenvalue weighted by atomic mass is 16.1. The van der Waals surface area contributed by atoms with Crippen LogP contribution in [0.4, 0.5) is 0 Å². The summed E-state index contributed by atoms with van der Waals surface area (Å²) in [6.45, 7) is 2.03. The van der Waals surface area contributed by atoms with Gasteiger partial charge in [0.25, 0.3) is 0 Å². The third kappa shape index (κ3) is 4.07. The maximum Gasteiger partial charge on any atom is 0.136 e. The average Bonchev–Trinajstić information content (AvgIpc) is 2.16. The Balaban J connectivity index is 2.49. The lowest BCUT2D eigenvalue weighted by atomic mass is 9.98. The molecule has 0 aromatic carbocycles. The highest BCUT2D eigenvalue weighted by Gasteiger charge is 2.10. The standard InChI is InChI=1S/C12H18O/c1-11-9-7-5-3-2-4-6-8-10-12(11)13/h2,4-5,7,11H,3,6,8-10H2,1H3/b4-2+,7-5?. The van der Waals surface area contributed by atoms with Gasteiger partial charge in [0.2, 0.25) is 0 Å². The van der Waals surface area contributed by atoms with Crippen LogP contribution < -0.4 is 0 Å². The molecule has 1 rings (SSSR count). The number of carbonyl (C=O) groups is 1. The van der Waals surface area contributed by atoms with E-state index in [9.17, 15) is 4.79 Å². The van der Waals surface area contributed by atoms with Crippen LogP contribution in [0.5, 0.6) is 0 Å². The fourth-order valence-corrected chi connectivity index (χ4v) is 1.46. The lowest BCUT2D eigenvalue weighted by molar-refractivity contribution is -0.122. The van der Waals surface area contributed by atoms with Crippen molar-refractivity contribution in [3.63, 3.8) is 0 Å². The summed E-state index contributed by atoms with van der Waals surface area (Å²) in [7, 11) is 0. The number of carbonyl (C=O) groups excluding carboxylic acids is 1. The van der Waals surface area contributed by atoms with Gasteiger partial charge in [-0.1, -0.05) is 31.2 Å². The van der Waals surface area contributed by atoms with Crippen LogP contribution in [0.15, 0.2) is 24.3 Å². The lowest BCUT2D eigenvalue weighted by Crippen LogP contribution is -2.09. The number of Topliss-reactive ketones (excluding diaryl/α,β-unsaturated/α-hetero) is 1. The number of hydrogen-bond donors (Lipinski definition) is 0. The van der Waals surface area contributed by atoms with Crippen molar-refractivity contribution in [3.05, 3.63) is 24.3 Å². The molecule has 0 aliphatic heterocycles. The molecule has 13 heavy (non-hydrogen) atoms. The lowest BCUT2D eigenvalue weighted by Gasteiger charge is -2.05. The van der Waals surface area contributed by atoms with Gasteiger partial charge in [-0.25, -0.2) is 0 Å². The van der Waals surface area contributed by atoms with Gasteiger partial charge in [0, 0.05) is 12.3 Å². The van der Waals surface area contributed by atoms with Crippen molar-refractivity contribution in [2.24, 2.45) is 5.92 Å². The topological polar surface area (TPSA) is 17.1 Å². The minimum atomic E-state index is 0.217. The van der Waals surface area contributed by atoms with Crippen molar-refractivity contribution in [2.75, 3.05) is 0 Å². The van der Waals surface area contributed by atoms with E-state index < -0.39 is 0 Å². The molecular formula is C12H18O. The second-order valence-electron chi connectivity index (χ2n) is 3.67. The van der Waals surface area contributed by atoms with E-state index in [2.05, 4.69) is 24.3 Å². The molecule has 0 aromatic heterocycles. The van der Waals surface area contributed by atoms with Crippen LogP contribution >= 0.6 is 0 Å². The molecule has 1 heteroatoms. The molecule has 72 valence electrons. The second-order valence-corrected chi connectivity index (χ2v) is 3.67. The van der Waals surface area contributed by atoms with Crippen molar-refractivity contribution in [1.82, 2.24) is 0 Å². The molecule has 1 nitrogen and oxygen atoms in total. The highest BCUT2D eigenvalue weighted by molar-refractivity contribution is 5.80. The van der Waals surface area contributed by atoms with Crippen LogP contribution in [0.25, 0.3) is 0 Å². The Labute approximate surface area is 80.5 Å². The summed E-state index contributed by atoms with van der Waals surface area (Å²) in [6, 6.07) is 0. The van der Waals surface area contributed by atoms with Crippen molar-refractivity contribution in [1.29, 1.82) is 0 Å². The molecular weight excluding hydrogens is 160 g/mol. The van der Waals surface area contributed by atoms with E-state index in [0.29, 0.717) is 5.78 Å². The van der Waals surface area contributed by atoms with E-state index in [1.165, 1.54) is 0 Å². The quantitative estimate of drug-likeness (QED) is 0.520. The van der Waals surface area contributed by atoms with E-state index in [1.54, 1.807) is 0 Å². The zero-order valence-corrected chi connectivity index (χ0v) is 8.33. The highest BCUT2D eigenvalue weighted by Crippen LogP contribution is 2.11. The summed E-state index contributed by atoms with van der Waals surface area (Å²) in [5, 5.41) is 0. The Morgan fingerprint density at radius 3 is 2.85 bits per heavy atom. The SMILES string of the molecule is CC1CC=CC/C=C/CCCC1=O. The molecule has 0 saturated heterocycles. The van der Waals surface area contributed by atoms with Crippen LogP contribution in [0.2, 0.25) is 0 Å². The smallest absolute Gasteiger partial charge is 0.136 e. The van der Waals surface area contributed by atoms with Gasteiger partial charge < -0.3 is 0 Å². The second kappa shape index (κ2) is 5.74. The van der Waals surface area contributed by atoms with Gasteiger partial charge in [-0.3, -0.25) is 4.79 Å². The fourth-order valence-electron chi connectivity index (χ4n) is 1.46. The first kappa shape index (κ1) is 10.2. The monoisotopic (exact) mass is 178 g/mol. The molecule has 0 bridgehead atoms. The first-order chi connectivity index (χ1) is 6.30. The molecule has 1 atom stereocenters. The molecule has 1 unspecified atom stereocenters. The molecule has 0 heterocycles. The summed E-state index contributed by atoms with van der Waals surface area (Å²) in [5.74, 6) is 0.634. The number of allylic oxidation sites excluding steroid dienone is 4. The average molecular weight is 178 g/mol. The zero-order valence-electron chi connectivity index (χ0n) is 8.33. The largest absolute Gasteiger partial charge is 0.299 e. The van der Waals surface area contributed by atoms with Gasteiger partial charge >= 0.3 is 0 Å². The third-order valence-corrected chi connectivity index (χ3v) is 2.44. The Hall–Kier alpha value is -0.850. The van der Waals surface area contributed by atoms with Gasteiger partial charge in [-0.15, -0.1) is 0 Å². The van der Waals surface area contributed by atoms with Crippen LogP contribution in [0, 0.1) is 5.92 Å². The molecule has 0 amide bonds. The predicted molar refractivity (Wildman–Crippen MR) is 55.5 cm³/mol. The van der Waals surface area contributed by atoms with Crippen LogP contribution in [-0.4, -0.2) is 5.78 Å². The number of hydrogen-bond acceptors (Lipinski definition) is 1. The molecule has 0 fully saturated rings. The first-order valence-electron chi connectivity index (χ1n) is 5.13. The Morgan fingerprint density at radius 2 is 2.00 bits per heavy atom. The Kier molecular flexibility index (Phi) is 4.52. The van der Waals surface area contributed by atoms with Crippen LogP contribution in [-0.2, 0) is 4.79 Å². The third-order valence-electron chi connectivity index (χ3n) is 2.44. The molecule has 0 saturated carbocycles. The summed E-state index contributed by atoms with van der Waals surface area (Å²) >= 11 is 0. The maximum atomic E-state index is 11.5. The maximum absolute atomic E-state index is 11.5. The van der Waals surface area contributed by atoms with E-state index in [1.807, 2.05) is 6.92 Å². The molecule has 0 spiro atoms. The van der Waals surface area contributed by atoms with Crippen molar-refractivity contribution >= 4 is 5.78 Å². The molecule has 1 aliphatic carbocycles. The van der Waals surface area contributed by atoms with Gasteiger partial charge in [-0.2, -0.15) is 0 Å². The summed E-state index contributed by atoms with van der Waals surface area (Å²) in [4.78, 5) is 11.5. The van der Waals surface area contributed by atoms with Crippen LogP contribution in [0.1, 0.15) is 39.0 Å². The first-order valence-corrected chi connectivity index (χ1v) is 5.13. The predicted octanol–water partition coefficient (Wildman–Crippen LogP) is 3.27. The van der Waals surface area contributed by atoms with Crippen molar-refractivity contribution < 1.29 is 4.79 Å². The molecule has 0 radical (unpaired) electrons. The normalized spacial score (nSPS) is 28.1. The van der Waals surface area contributed by atoms with E-state index in [0.717, 1.165) is 32.1 Å². The number of ketones is 1. The van der Waals surface area contributed by atoms with E-state index in [4.69, 9.17) is 0 Å². The van der Waals surface area contributed by atoms with Gasteiger partial charge in [0.1, 0.15) is 5.78 Å². The summed E-state index contributed by atoms with van der Waals surface area (Å²) in [6.07, 6.45) is 13.4. The van der Waals surface area contributed by atoms with Crippen molar-refractivity contribution in [3.8, 4) is 0 Å². The Morgan fingerprint density at radius 1 is 1.23 bits per heavy atom. The summed E-state index contributed by atoms with van der Waals surface area (Å²) < 4.78 is 0. The van der Waals surface area contributed by atoms with Crippen LogP contribution in [0.3, 0.4) is 0 Å². The minimum absolute atomic E-state index is 0.217. The zero-order chi connectivity index (χ0) is 9.52. The fraction of sp³-hybridized carbons (Fsp3) is 0.583. The van der Waals surface area contributed by atoms with E-state index >= 15 is 0 Å². The van der Waals surface area contributed by atoms with Crippen molar-refractivity contribution in [2.45, 2.75) is 39.0 Å². The Bertz CT molecular complexity index is 213.